The lowest BCUT2D eigenvalue weighted by Crippen LogP contribution is -2.16. The van der Waals surface area contributed by atoms with Crippen LogP contribution in [0, 0.1) is 5.92 Å². The van der Waals surface area contributed by atoms with Crippen molar-refractivity contribution in [2.24, 2.45) is 5.92 Å². The predicted molar refractivity (Wildman–Crippen MR) is 80.8 cm³/mol. The van der Waals surface area contributed by atoms with E-state index >= 15 is 0 Å². The minimum atomic E-state index is 0.441. The second-order valence-electron chi connectivity index (χ2n) is 6.03. The van der Waals surface area contributed by atoms with E-state index in [9.17, 15) is 0 Å². The molecule has 0 spiro atoms. The van der Waals surface area contributed by atoms with Gasteiger partial charge in [-0.05, 0) is 44.7 Å². The van der Waals surface area contributed by atoms with E-state index in [0.717, 1.165) is 36.8 Å². The topological polar surface area (TPSA) is 60.6 Å². The van der Waals surface area contributed by atoms with Gasteiger partial charge in [-0.2, -0.15) is 5.10 Å². The molecule has 3 rings (SSSR count). The molecule has 6 heteroatoms. The molecule has 1 aliphatic carbocycles. The van der Waals surface area contributed by atoms with Gasteiger partial charge in [0.1, 0.15) is 0 Å². The van der Waals surface area contributed by atoms with Gasteiger partial charge >= 0.3 is 0 Å². The summed E-state index contributed by atoms with van der Waals surface area (Å²) in [7, 11) is 0. The highest BCUT2D eigenvalue weighted by Crippen LogP contribution is 2.27. The standard InChI is InChI=1S/C15H24N6/c1-3-12(2)21-7-6-14(18-21)10-20-11-15(17-19-20)9-16-8-13-4-5-13/h6-7,11-13,16H,3-5,8-10H2,1-2H3. The van der Waals surface area contributed by atoms with E-state index in [2.05, 4.69) is 40.6 Å². The SMILES string of the molecule is CCC(C)n1ccc(Cn2cc(CNCC3CC3)nn2)n1. The highest BCUT2D eigenvalue weighted by atomic mass is 15.4. The molecule has 0 amide bonds. The number of rotatable bonds is 8. The third-order valence-electron chi connectivity index (χ3n) is 4.05. The Bertz CT molecular complexity index is 568. The molecule has 1 saturated carbocycles. The zero-order valence-electron chi connectivity index (χ0n) is 12.9. The number of hydrogen-bond donors (Lipinski definition) is 1. The summed E-state index contributed by atoms with van der Waals surface area (Å²) in [5.41, 5.74) is 2.02. The average molecular weight is 288 g/mol. The van der Waals surface area contributed by atoms with Crippen LogP contribution in [0.4, 0.5) is 0 Å². The van der Waals surface area contributed by atoms with Gasteiger partial charge in [0.15, 0.2) is 0 Å². The first-order chi connectivity index (χ1) is 10.2. The van der Waals surface area contributed by atoms with E-state index < -0.39 is 0 Å². The van der Waals surface area contributed by atoms with Crippen LogP contribution in [0.5, 0.6) is 0 Å². The molecule has 0 saturated heterocycles. The zero-order chi connectivity index (χ0) is 14.7. The van der Waals surface area contributed by atoms with Crippen molar-refractivity contribution in [3.8, 4) is 0 Å². The van der Waals surface area contributed by atoms with Gasteiger partial charge in [0.05, 0.1) is 24.1 Å². The van der Waals surface area contributed by atoms with E-state index in [1.165, 1.54) is 12.8 Å². The Morgan fingerprint density at radius 3 is 3.00 bits per heavy atom. The van der Waals surface area contributed by atoms with Crippen LogP contribution in [0.15, 0.2) is 18.5 Å². The average Bonchev–Trinajstić information content (AvgIpc) is 3.01. The van der Waals surface area contributed by atoms with Gasteiger partial charge in [-0.25, -0.2) is 4.68 Å². The van der Waals surface area contributed by atoms with Crippen molar-refractivity contribution in [1.29, 1.82) is 0 Å². The Morgan fingerprint density at radius 1 is 1.38 bits per heavy atom. The second kappa shape index (κ2) is 6.39. The summed E-state index contributed by atoms with van der Waals surface area (Å²) >= 11 is 0. The van der Waals surface area contributed by atoms with E-state index in [1.807, 2.05) is 21.8 Å². The first kappa shape index (κ1) is 14.3. The van der Waals surface area contributed by atoms with Gasteiger partial charge in [-0.3, -0.25) is 4.68 Å². The molecule has 2 heterocycles. The summed E-state index contributed by atoms with van der Waals surface area (Å²) in [5.74, 6) is 0.893. The van der Waals surface area contributed by atoms with E-state index in [1.54, 1.807) is 0 Å². The first-order valence-corrected chi connectivity index (χ1v) is 7.88. The molecule has 1 fully saturated rings. The molecular weight excluding hydrogens is 264 g/mol. The molecular formula is C15H24N6. The summed E-state index contributed by atoms with van der Waals surface area (Å²) < 4.78 is 3.88. The van der Waals surface area contributed by atoms with Crippen molar-refractivity contribution in [2.45, 2.75) is 52.2 Å². The summed E-state index contributed by atoms with van der Waals surface area (Å²) in [6.45, 7) is 6.93. The third kappa shape index (κ3) is 3.91. The van der Waals surface area contributed by atoms with Crippen molar-refractivity contribution < 1.29 is 0 Å². The molecule has 2 aromatic rings. The Balaban J connectivity index is 1.52. The fraction of sp³-hybridized carbons (Fsp3) is 0.667. The third-order valence-corrected chi connectivity index (χ3v) is 4.05. The van der Waals surface area contributed by atoms with Gasteiger partial charge in [-0.1, -0.05) is 12.1 Å². The number of hydrogen-bond acceptors (Lipinski definition) is 4. The van der Waals surface area contributed by atoms with Crippen molar-refractivity contribution in [3.63, 3.8) is 0 Å². The monoisotopic (exact) mass is 288 g/mol. The summed E-state index contributed by atoms with van der Waals surface area (Å²) in [5, 5.41) is 16.4. The van der Waals surface area contributed by atoms with Crippen LogP contribution < -0.4 is 5.32 Å². The van der Waals surface area contributed by atoms with Gasteiger partial charge < -0.3 is 5.32 Å². The maximum atomic E-state index is 4.59. The molecule has 114 valence electrons. The van der Waals surface area contributed by atoms with Crippen LogP contribution in [0.3, 0.4) is 0 Å². The largest absolute Gasteiger partial charge is 0.311 e. The summed E-state index contributed by atoms with van der Waals surface area (Å²) in [6, 6.07) is 2.50. The summed E-state index contributed by atoms with van der Waals surface area (Å²) in [4.78, 5) is 0. The fourth-order valence-electron chi connectivity index (χ4n) is 2.28. The zero-order valence-corrected chi connectivity index (χ0v) is 12.9. The lowest BCUT2D eigenvalue weighted by Gasteiger charge is -2.07. The number of nitrogens with zero attached hydrogens (tertiary/aromatic N) is 5. The van der Waals surface area contributed by atoms with Crippen LogP contribution in [0.2, 0.25) is 0 Å². The van der Waals surface area contributed by atoms with Crippen LogP contribution in [0.25, 0.3) is 0 Å². The number of nitrogens with one attached hydrogen (secondary N) is 1. The Hall–Kier alpha value is -1.69. The van der Waals surface area contributed by atoms with Crippen LogP contribution in [0.1, 0.15) is 50.5 Å². The minimum Gasteiger partial charge on any atom is -0.311 e. The van der Waals surface area contributed by atoms with E-state index in [4.69, 9.17) is 0 Å². The van der Waals surface area contributed by atoms with Gasteiger partial charge in [0.25, 0.3) is 0 Å². The highest BCUT2D eigenvalue weighted by Gasteiger charge is 2.20. The lowest BCUT2D eigenvalue weighted by atomic mass is 10.3. The molecule has 1 atom stereocenters. The highest BCUT2D eigenvalue weighted by molar-refractivity contribution is 5.01. The quantitative estimate of drug-likeness (QED) is 0.807. The lowest BCUT2D eigenvalue weighted by molar-refractivity contribution is 0.470. The molecule has 2 aromatic heterocycles. The molecule has 0 aromatic carbocycles. The van der Waals surface area contributed by atoms with Crippen molar-refractivity contribution >= 4 is 0 Å². The maximum Gasteiger partial charge on any atom is 0.0964 e. The van der Waals surface area contributed by atoms with Crippen molar-refractivity contribution in [2.75, 3.05) is 6.54 Å². The second-order valence-corrected chi connectivity index (χ2v) is 6.03. The van der Waals surface area contributed by atoms with E-state index in [0.29, 0.717) is 12.6 Å². The van der Waals surface area contributed by atoms with Crippen LogP contribution >= 0.6 is 0 Å². The molecule has 21 heavy (non-hydrogen) atoms. The molecule has 0 radical (unpaired) electrons. The number of aromatic nitrogens is 5. The molecule has 6 nitrogen and oxygen atoms in total. The molecule has 1 aliphatic rings. The van der Waals surface area contributed by atoms with Crippen molar-refractivity contribution in [3.05, 3.63) is 29.8 Å². The Labute approximate surface area is 125 Å². The van der Waals surface area contributed by atoms with E-state index in [-0.39, 0.29) is 0 Å². The normalized spacial score (nSPS) is 16.3. The maximum absolute atomic E-state index is 4.59. The predicted octanol–water partition coefficient (Wildman–Crippen LogP) is 1.99. The van der Waals surface area contributed by atoms with Crippen LogP contribution in [-0.2, 0) is 13.1 Å². The van der Waals surface area contributed by atoms with Gasteiger partial charge in [0.2, 0.25) is 0 Å². The Kier molecular flexibility index (Phi) is 4.34. The van der Waals surface area contributed by atoms with Gasteiger partial charge in [-0.15, -0.1) is 5.10 Å². The summed E-state index contributed by atoms with van der Waals surface area (Å²) in [6.07, 6.45) is 7.87. The van der Waals surface area contributed by atoms with Crippen molar-refractivity contribution in [1.82, 2.24) is 30.1 Å². The van der Waals surface area contributed by atoms with Gasteiger partial charge in [0, 0.05) is 18.8 Å². The smallest absolute Gasteiger partial charge is 0.0964 e. The fourth-order valence-corrected chi connectivity index (χ4v) is 2.28. The molecule has 1 unspecified atom stereocenters. The first-order valence-electron chi connectivity index (χ1n) is 7.88. The van der Waals surface area contributed by atoms with Crippen LogP contribution in [-0.4, -0.2) is 31.3 Å². The molecule has 0 aliphatic heterocycles. The molecule has 0 bridgehead atoms. The molecule has 1 N–H and O–H groups in total. The Morgan fingerprint density at radius 2 is 2.24 bits per heavy atom. The minimum absolute atomic E-state index is 0.441.